The molecule has 1 fully saturated rings. The molecule has 3 heterocycles. The van der Waals surface area contributed by atoms with Gasteiger partial charge in [-0.15, -0.1) is 5.10 Å². The van der Waals surface area contributed by atoms with Crippen molar-refractivity contribution in [1.29, 1.82) is 0 Å². The first kappa shape index (κ1) is 19.9. The summed E-state index contributed by atoms with van der Waals surface area (Å²) >= 11 is 1.43. The van der Waals surface area contributed by atoms with Gasteiger partial charge in [0.15, 0.2) is 11.5 Å². The molecule has 156 valence electrons. The molecule has 8 nitrogen and oxygen atoms in total. The third-order valence-corrected chi connectivity index (χ3v) is 6.29. The number of aliphatic hydroxyl groups excluding tert-OH is 1. The van der Waals surface area contributed by atoms with E-state index in [0.29, 0.717) is 41.7 Å². The van der Waals surface area contributed by atoms with E-state index in [1.165, 1.54) is 15.9 Å². The lowest BCUT2D eigenvalue weighted by Gasteiger charge is -2.36. The summed E-state index contributed by atoms with van der Waals surface area (Å²) in [5.41, 5.74) is 0.984. The zero-order chi connectivity index (χ0) is 20.5. The first-order valence-corrected chi connectivity index (χ1v) is 10.6. The van der Waals surface area contributed by atoms with Gasteiger partial charge < -0.3 is 19.7 Å². The fraction of sp³-hybridized carbons (Fsp3) is 0.500. The molecule has 1 aromatic carbocycles. The Hall–Kier alpha value is -2.36. The van der Waals surface area contributed by atoms with Gasteiger partial charge in [0.05, 0.1) is 30.7 Å². The van der Waals surface area contributed by atoms with Crippen LogP contribution in [-0.2, 0) is 0 Å². The standard InChI is InChI=1S/C20H26N4O4S/c1-4-28-15-6-5-13(11-16(15)27-3)17(23-9-7-14(25)8-10-23)18-19(26)24-20(29-18)21-12(2)22-24/h5-6,11,14,17,25-26H,4,7-10H2,1-3H3/t17-/m1/s1. The van der Waals surface area contributed by atoms with Crippen LogP contribution in [0.2, 0.25) is 0 Å². The van der Waals surface area contributed by atoms with Crippen molar-refractivity contribution in [3.63, 3.8) is 0 Å². The Bertz CT molecular complexity index is 994. The average molecular weight is 419 g/mol. The van der Waals surface area contributed by atoms with Gasteiger partial charge in [-0.1, -0.05) is 17.4 Å². The number of likely N-dealkylation sites (tertiary alicyclic amines) is 1. The first-order chi connectivity index (χ1) is 14.0. The van der Waals surface area contributed by atoms with E-state index >= 15 is 0 Å². The van der Waals surface area contributed by atoms with E-state index in [-0.39, 0.29) is 18.0 Å². The summed E-state index contributed by atoms with van der Waals surface area (Å²) in [4.78, 5) is 8.13. The van der Waals surface area contributed by atoms with Gasteiger partial charge in [-0.05, 0) is 44.4 Å². The van der Waals surface area contributed by atoms with Crippen LogP contribution in [0, 0.1) is 6.92 Å². The number of hydrogen-bond donors (Lipinski definition) is 2. The minimum Gasteiger partial charge on any atom is -0.493 e. The molecule has 0 saturated carbocycles. The first-order valence-electron chi connectivity index (χ1n) is 9.79. The molecule has 0 unspecified atom stereocenters. The third-order valence-electron chi connectivity index (χ3n) is 5.22. The quantitative estimate of drug-likeness (QED) is 0.636. The molecular formula is C20H26N4O4S. The van der Waals surface area contributed by atoms with E-state index in [0.717, 1.165) is 23.5 Å². The van der Waals surface area contributed by atoms with Gasteiger partial charge in [0.25, 0.3) is 0 Å². The van der Waals surface area contributed by atoms with E-state index in [4.69, 9.17) is 9.47 Å². The lowest BCUT2D eigenvalue weighted by Crippen LogP contribution is -2.38. The SMILES string of the molecule is CCOc1ccc([C@H](c2sc3nc(C)nn3c2O)N2CCC(O)CC2)cc1OC. The van der Waals surface area contributed by atoms with Crippen molar-refractivity contribution < 1.29 is 19.7 Å². The Morgan fingerprint density at radius 3 is 2.69 bits per heavy atom. The van der Waals surface area contributed by atoms with Gasteiger partial charge in [0.1, 0.15) is 5.82 Å². The summed E-state index contributed by atoms with van der Waals surface area (Å²) in [5.74, 6) is 2.07. The molecule has 9 heteroatoms. The van der Waals surface area contributed by atoms with Gasteiger partial charge in [-0.3, -0.25) is 4.90 Å². The number of aromatic nitrogens is 3. The van der Waals surface area contributed by atoms with Crippen molar-refractivity contribution in [2.24, 2.45) is 0 Å². The van der Waals surface area contributed by atoms with Gasteiger partial charge >= 0.3 is 0 Å². The second-order valence-corrected chi connectivity index (χ2v) is 8.17. The largest absolute Gasteiger partial charge is 0.493 e. The molecule has 4 rings (SSSR count). The van der Waals surface area contributed by atoms with Crippen LogP contribution in [0.25, 0.3) is 4.96 Å². The van der Waals surface area contributed by atoms with Crippen molar-refractivity contribution >= 4 is 16.3 Å². The maximum Gasteiger partial charge on any atom is 0.230 e. The second-order valence-electron chi connectivity index (χ2n) is 7.16. The van der Waals surface area contributed by atoms with E-state index in [1.54, 1.807) is 14.0 Å². The van der Waals surface area contributed by atoms with Crippen molar-refractivity contribution in [2.45, 2.75) is 38.8 Å². The van der Waals surface area contributed by atoms with Crippen LogP contribution in [0.5, 0.6) is 17.4 Å². The predicted octanol–water partition coefficient (Wildman–Crippen LogP) is 2.76. The number of fused-ring (bicyclic) bond motifs is 1. The van der Waals surface area contributed by atoms with Crippen LogP contribution in [0.4, 0.5) is 0 Å². The highest BCUT2D eigenvalue weighted by Crippen LogP contribution is 2.42. The maximum atomic E-state index is 10.9. The van der Waals surface area contributed by atoms with E-state index in [2.05, 4.69) is 15.0 Å². The molecule has 1 aliphatic heterocycles. The monoisotopic (exact) mass is 418 g/mol. The fourth-order valence-corrected chi connectivity index (χ4v) is 4.99. The van der Waals surface area contributed by atoms with Crippen LogP contribution in [-0.4, -0.2) is 62.6 Å². The second kappa shape index (κ2) is 8.17. The van der Waals surface area contributed by atoms with Crippen LogP contribution in [0.15, 0.2) is 18.2 Å². The summed E-state index contributed by atoms with van der Waals surface area (Å²) in [7, 11) is 1.62. The number of aliphatic hydroxyl groups is 1. The summed E-state index contributed by atoms with van der Waals surface area (Å²) in [6.07, 6.45) is 1.12. The number of nitrogens with zero attached hydrogens (tertiary/aromatic N) is 4. The highest BCUT2D eigenvalue weighted by molar-refractivity contribution is 7.17. The van der Waals surface area contributed by atoms with Crippen LogP contribution in [0.3, 0.4) is 0 Å². The Balaban J connectivity index is 1.80. The van der Waals surface area contributed by atoms with E-state index in [1.807, 2.05) is 25.1 Å². The summed E-state index contributed by atoms with van der Waals surface area (Å²) in [5, 5.41) is 25.2. The Kier molecular flexibility index (Phi) is 5.62. The number of methoxy groups -OCH3 is 1. The molecule has 1 atom stereocenters. The van der Waals surface area contributed by atoms with Crippen molar-refractivity contribution in [3.05, 3.63) is 34.5 Å². The Morgan fingerprint density at radius 2 is 2.03 bits per heavy atom. The highest BCUT2D eigenvalue weighted by atomic mass is 32.1. The fourth-order valence-electron chi connectivity index (χ4n) is 3.83. The van der Waals surface area contributed by atoms with Crippen molar-refractivity contribution in [3.8, 4) is 17.4 Å². The minimum atomic E-state index is -0.277. The summed E-state index contributed by atoms with van der Waals surface area (Å²) in [6.45, 7) is 5.75. The number of aryl methyl sites for hydroxylation is 1. The van der Waals surface area contributed by atoms with Crippen molar-refractivity contribution in [2.75, 3.05) is 26.8 Å². The molecule has 3 aromatic rings. The van der Waals surface area contributed by atoms with Crippen LogP contribution < -0.4 is 9.47 Å². The van der Waals surface area contributed by atoms with Crippen LogP contribution >= 0.6 is 11.3 Å². The third kappa shape index (κ3) is 3.77. The number of ether oxygens (including phenoxy) is 2. The van der Waals surface area contributed by atoms with Gasteiger partial charge in [-0.25, -0.2) is 4.98 Å². The smallest absolute Gasteiger partial charge is 0.230 e. The minimum absolute atomic E-state index is 0.106. The highest BCUT2D eigenvalue weighted by Gasteiger charge is 2.32. The number of thiazole rings is 1. The molecule has 0 amide bonds. The zero-order valence-corrected chi connectivity index (χ0v) is 17.6. The maximum absolute atomic E-state index is 10.9. The number of hydrogen-bond acceptors (Lipinski definition) is 8. The summed E-state index contributed by atoms with van der Waals surface area (Å²) < 4.78 is 12.7. The van der Waals surface area contributed by atoms with Crippen molar-refractivity contribution in [1.82, 2.24) is 19.5 Å². The van der Waals surface area contributed by atoms with Gasteiger partial charge in [0, 0.05) is 13.1 Å². The molecule has 2 N–H and O–H groups in total. The molecule has 0 aliphatic carbocycles. The molecule has 1 aliphatic rings. The molecular weight excluding hydrogens is 392 g/mol. The van der Waals surface area contributed by atoms with Crippen LogP contribution in [0.1, 0.15) is 42.1 Å². The lowest BCUT2D eigenvalue weighted by atomic mass is 9.99. The Labute approximate surface area is 173 Å². The number of rotatable bonds is 6. The predicted molar refractivity (Wildman–Crippen MR) is 110 cm³/mol. The molecule has 0 bridgehead atoms. The summed E-state index contributed by atoms with van der Waals surface area (Å²) in [6, 6.07) is 5.67. The van der Waals surface area contributed by atoms with E-state index in [9.17, 15) is 10.2 Å². The number of benzene rings is 1. The van der Waals surface area contributed by atoms with E-state index < -0.39 is 0 Å². The number of aromatic hydroxyl groups is 1. The lowest BCUT2D eigenvalue weighted by molar-refractivity contribution is 0.0689. The van der Waals surface area contributed by atoms with Gasteiger partial charge in [0.2, 0.25) is 10.8 Å². The normalized spacial score (nSPS) is 17.0. The topological polar surface area (TPSA) is 92.4 Å². The molecule has 0 radical (unpaired) electrons. The molecule has 2 aromatic heterocycles. The van der Waals surface area contributed by atoms with Gasteiger partial charge in [-0.2, -0.15) is 4.52 Å². The number of piperidine rings is 1. The average Bonchev–Trinajstić information content (AvgIpc) is 3.22. The molecule has 29 heavy (non-hydrogen) atoms. The molecule has 0 spiro atoms. The molecule has 1 saturated heterocycles. The zero-order valence-electron chi connectivity index (χ0n) is 16.8. The Morgan fingerprint density at radius 1 is 1.28 bits per heavy atom.